The minimum atomic E-state index is -1.16. The summed E-state index contributed by atoms with van der Waals surface area (Å²) < 4.78 is 0. The molecule has 0 bridgehead atoms. The zero-order valence-electron chi connectivity index (χ0n) is 9.01. The molecule has 18 heavy (non-hydrogen) atoms. The molecule has 94 valence electrons. The Kier molecular flexibility index (Phi) is 3.15. The zero-order chi connectivity index (χ0) is 13.3. The molecule has 0 atom stereocenters. The molecule has 1 saturated heterocycles. The first-order valence-corrected chi connectivity index (χ1v) is 5.32. The van der Waals surface area contributed by atoms with Gasteiger partial charge in [-0.1, -0.05) is 11.6 Å². The number of hydrogen-bond donors (Lipinski definition) is 2. The third kappa shape index (κ3) is 2.57. The van der Waals surface area contributed by atoms with E-state index in [-0.39, 0.29) is 29.6 Å². The summed E-state index contributed by atoms with van der Waals surface area (Å²) in [4.78, 5) is 38.6. The maximum Gasteiger partial charge on any atom is 0.335 e. The molecule has 1 aliphatic heterocycles. The van der Waals surface area contributed by atoms with Crippen LogP contribution in [0.25, 0.3) is 0 Å². The largest absolute Gasteiger partial charge is 0.478 e. The van der Waals surface area contributed by atoms with Crippen LogP contribution in [0.4, 0.5) is 5.82 Å². The second-order valence-electron chi connectivity index (χ2n) is 3.67. The van der Waals surface area contributed by atoms with Gasteiger partial charge in [0.1, 0.15) is 11.0 Å². The van der Waals surface area contributed by atoms with E-state index in [2.05, 4.69) is 10.3 Å². The van der Waals surface area contributed by atoms with Crippen molar-refractivity contribution >= 4 is 35.2 Å². The van der Waals surface area contributed by atoms with Crippen molar-refractivity contribution in [2.45, 2.75) is 0 Å². The van der Waals surface area contributed by atoms with Crippen LogP contribution in [-0.2, 0) is 9.59 Å². The lowest BCUT2D eigenvalue weighted by molar-refractivity contribution is -0.130. The quantitative estimate of drug-likeness (QED) is 0.574. The van der Waals surface area contributed by atoms with E-state index < -0.39 is 17.8 Å². The van der Waals surface area contributed by atoms with Gasteiger partial charge in [-0.15, -0.1) is 0 Å². The van der Waals surface area contributed by atoms with Gasteiger partial charge in [0.25, 0.3) is 0 Å². The molecule has 1 aliphatic rings. The number of hydrogen-bond acceptors (Lipinski definition) is 5. The SMILES string of the molecule is O=C1CN(c2cc(C(=O)O)cc(Cl)n2)CC(=O)N1. The third-order valence-electron chi connectivity index (χ3n) is 2.30. The minimum absolute atomic E-state index is 0.0108. The van der Waals surface area contributed by atoms with Gasteiger partial charge in [0.2, 0.25) is 11.8 Å². The first-order valence-electron chi connectivity index (χ1n) is 4.94. The second-order valence-corrected chi connectivity index (χ2v) is 4.06. The number of pyridine rings is 1. The molecular weight excluding hydrogens is 262 g/mol. The summed E-state index contributed by atoms with van der Waals surface area (Å²) in [5, 5.41) is 11.0. The lowest BCUT2D eigenvalue weighted by Gasteiger charge is -2.26. The van der Waals surface area contributed by atoms with Crippen LogP contribution in [0.15, 0.2) is 12.1 Å². The second kappa shape index (κ2) is 4.61. The molecular formula is C10H8ClN3O4. The average molecular weight is 270 g/mol. The van der Waals surface area contributed by atoms with Crippen molar-refractivity contribution in [1.82, 2.24) is 10.3 Å². The Balaban J connectivity index is 2.35. The molecule has 0 aliphatic carbocycles. The zero-order valence-corrected chi connectivity index (χ0v) is 9.77. The summed E-state index contributed by atoms with van der Waals surface area (Å²) >= 11 is 5.70. The van der Waals surface area contributed by atoms with Crippen LogP contribution in [0, 0.1) is 0 Å². The molecule has 2 amide bonds. The summed E-state index contributed by atoms with van der Waals surface area (Å²) in [6.45, 7) is -0.143. The first-order chi connectivity index (χ1) is 8.45. The number of carbonyl (C=O) groups excluding carboxylic acids is 2. The van der Waals surface area contributed by atoms with Crippen LogP contribution >= 0.6 is 11.6 Å². The summed E-state index contributed by atoms with van der Waals surface area (Å²) in [6, 6.07) is 2.46. The number of imide groups is 1. The summed E-state index contributed by atoms with van der Waals surface area (Å²) in [7, 11) is 0. The number of aromatic carboxylic acids is 1. The van der Waals surface area contributed by atoms with Gasteiger partial charge < -0.3 is 10.0 Å². The van der Waals surface area contributed by atoms with Crippen molar-refractivity contribution < 1.29 is 19.5 Å². The maximum absolute atomic E-state index is 11.2. The molecule has 8 heteroatoms. The fourth-order valence-corrected chi connectivity index (χ4v) is 1.77. The monoisotopic (exact) mass is 269 g/mol. The number of amides is 2. The van der Waals surface area contributed by atoms with Crippen LogP contribution in [0.5, 0.6) is 0 Å². The number of anilines is 1. The van der Waals surface area contributed by atoms with Gasteiger partial charge in [0, 0.05) is 0 Å². The van der Waals surface area contributed by atoms with Crippen molar-refractivity contribution in [2.24, 2.45) is 0 Å². The fourth-order valence-electron chi connectivity index (χ4n) is 1.57. The lowest BCUT2D eigenvalue weighted by Crippen LogP contribution is -2.51. The molecule has 0 saturated carbocycles. The van der Waals surface area contributed by atoms with Crippen LogP contribution in [0.2, 0.25) is 5.15 Å². The van der Waals surface area contributed by atoms with Crippen LogP contribution in [0.3, 0.4) is 0 Å². The van der Waals surface area contributed by atoms with E-state index in [1.165, 1.54) is 17.0 Å². The maximum atomic E-state index is 11.2. The van der Waals surface area contributed by atoms with Crippen molar-refractivity contribution in [2.75, 3.05) is 18.0 Å². The molecule has 0 spiro atoms. The highest BCUT2D eigenvalue weighted by Crippen LogP contribution is 2.19. The van der Waals surface area contributed by atoms with E-state index in [1.807, 2.05) is 0 Å². The topological polar surface area (TPSA) is 99.6 Å². The molecule has 2 heterocycles. The van der Waals surface area contributed by atoms with Gasteiger partial charge in [0.15, 0.2) is 0 Å². The summed E-state index contributed by atoms with van der Waals surface area (Å²) in [5.74, 6) is -1.91. The van der Waals surface area contributed by atoms with Crippen LogP contribution in [-0.4, -0.2) is 41.0 Å². The summed E-state index contributed by atoms with van der Waals surface area (Å²) in [5.41, 5.74) is -0.0524. The number of nitrogens with one attached hydrogen (secondary N) is 1. The Morgan fingerprint density at radius 1 is 1.33 bits per heavy atom. The van der Waals surface area contributed by atoms with E-state index in [1.54, 1.807) is 0 Å². The lowest BCUT2D eigenvalue weighted by atomic mass is 10.2. The Hall–Kier alpha value is -2.15. The minimum Gasteiger partial charge on any atom is -0.478 e. The number of aromatic nitrogens is 1. The molecule has 0 unspecified atom stereocenters. The number of halogens is 1. The van der Waals surface area contributed by atoms with E-state index in [0.717, 1.165) is 0 Å². The van der Waals surface area contributed by atoms with Gasteiger partial charge >= 0.3 is 5.97 Å². The van der Waals surface area contributed by atoms with E-state index in [9.17, 15) is 14.4 Å². The van der Waals surface area contributed by atoms with Crippen LogP contribution < -0.4 is 10.2 Å². The Morgan fingerprint density at radius 3 is 2.50 bits per heavy atom. The van der Waals surface area contributed by atoms with Crippen LogP contribution in [0.1, 0.15) is 10.4 Å². The Labute approximate surface area is 106 Å². The molecule has 0 radical (unpaired) electrons. The predicted molar refractivity (Wildman–Crippen MR) is 61.6 cm³/mol. The summed E-state index contributed by atoms with van der Waals surface area (Å²) in [6.07, 6.45) is 0. The number of carbonyl (C=O) groups is 3. The number of carboxylic acid groups (broad SMARTS) is 1. The van der Waals surface area contributed by atoms with E-state index in [0.29, 0.717) is 0 Å². The van der Waals surface area contributed by atoms with Gasteiger partial charge in [-0.2, -0.15) is 0 Å². The molecule has 1 fully saturated rings. The first kappa shape index (κ1) is 12.3. The van der Waals surface area contributed by atoms with E-state index >= 15 is 0 Å². The van der Waals surface area contributed by atoms with Gasteiger partial charge in [-0.25, -0.2) is 9.78 Å². The predicted octanol–water partition coefficient (Wildman–Crippen LogP) is -0.104. The Bertz CT molecular complexity index is 530. The highest BCUT2D eigenvalue weighted by molar-refractivity contribution is 6.29. The van der Waals surface area contributed by atoms with Crippen molar-refractivity contribution in [3.05, 3.63) is 22.8 Å². The third-order valence-corrected chi connectivity index (χ3v) is 2.49. The molecule has 2 rings (SSSR count). The standard InChI is InChI=1S/C10H8ClN3O4/c11-6-1-5(10(17)18)2-7(12-6)14-3-8(15)13-9(16)4-14/h1-2H,3-4H2,(H,17,18)(H,13,15,16). The number of rotatable bonds is 2. The highest BCUT2D eigenvalue weighted by Gasteiger charge is 2.24. The van der Waals surface area contributed by atoms with Crippen molar-refractivity contribution in [3.8, 4) is 0 Å². The Morgan fingerprint density at radius 2 is 1.94 bits per heavy atom. The smallest absolute Gasteiger partial charge is 0.335 e. The number of nitrogens with zero attached hydrogens (tertiary/aromatic N) is 2. The van der Waals surface area contributed by atoms with Gasteiger partial charge in [-0.05, 0) is 12.1 Å². The number of piperazine rings is 1. The van der Waals surface area contributed by atoms with Gasteiger partial charge in [-0.3, -0.25) is 14.9 Å². The normalized spacial score (nSPS) is 15.5. The molecule has 1 aromatic rings. The van der Waals surface area contributed by atoms with E-state index in [4.69, 9.17) is 16.7 Å². The average Bonchev–Trinajstić information content (AvgIpc) is 2.26. The molecule has 0 aromatic carbocycles. The molecule has 7 nitrogen and oxygen atoms in total. The molecule has 2 N–H and O–H groups in total. The fraction of sp³-hybridized carbons (Fsp3) is 0.200. The number of carboxylic acids is 1. The van der Waals surface area contributed by atoms with Gasteiger partial charge in [0.05, 0.1) is 18.7 Å². The van der Waals surface area contributed by atoms with Crippen molar-refractivity contribution in [1.29, 1.82) is 0 Å². The van der Waals surface area contributed by atoms with Crippen molar-refractivity contribution in [3.63, 3.8) is 0 Å². The highest BCUT2D eigenvalue weighted by atomic mass is 35.5. The molecule has 1 aromatic heterocycles.